The molecule has 134 valence electrons. The lowest BCUT2D eigenvalue weighted by Gasteiger charge is -2.17. The molecule has 4 rings (SSSR count). The number of ether oxygens (including phenoxy) is 1. The van der Waals surface area contributed by atoms with Crippen LogP contribution in [-0.4, -0.2) is 45.0 Å². The minimum Gasteiger partial charge on any atom is -0.484 e. The van der Waals surface area contributed by atoms with Gasteiger partial charge in [0.05, 0.1) is 17.2 Å². The maximum absolute atomic E-state index is 12.9. The number of amides is 1. The van der Waals surface area contributed by atoms with E-state index in [4.69, 9.17) is 9.72 Å². The first-order chi connectivity index (χ1) is 12.6. The van der Waals surface area contributed by atoms with Crippen LogP contribution in [0.25, 0.3) is 11.0 Å². The molecule has 0 unspecified atom stereocenters. The number of pyridine rings is 1. The van der Waals surface area contributed by atoms with Crippen molar-refractivity contribution in [3.63, 3.8) is 0 Å². The van der Waals surface area contributed by atoms with Crippen molar-refractivity contribution in [2.75, 3.05) is 19.7 Å². The second-order valence-corrected chi connectivity index (χ2v) is 6.46. The molecule has 3 aromatic rings. The van der Waals surface area contributed by atoms with Crippen LogP contribution >= 0.6 is 0 Å². The van der Waals surface area contributed by atoms with Crippen molar-refractivity contribution >= 4 is 16.9 Å². The Morgan fingerprint density at radius 2 is 2.12 bits per heavy atom. The molecule has 0 saturated carbocycles. The average Bonchev–Trinajstić information content (AvgIpc) is 3.26. The number of carbonyl (C=O) groups excluding carboxylic acids is 1. The van der Waals surface area contributed by atoms with Crippen LogP contribution in [0.4, 0.5) is 4.39 Å². The van der Waals surface area contributed by atoms with E-state index in [1.54, 1.807) is 17.3 Å². The zero-order valence-corrected chi connectivity index (χ0v) is 14.4. The van der Waals surface area contributed by atoms with Crippen molar-refractivity contribution in [1.82, 2.24) is 19.4 Å². The number of likely N-dealkylation sites (tertiary alicyclic amines) is 1. The molecule has 0 aliphatic carbocycles. The predicted molar refractivity (Wildman–Crippen MR) is 94.3 cm³/mol. The smallest absolute Gasteiger partial charge is 0.260 e. The van der Waals surface area contributed by atoms with Gasteiger partial charge in [0.1, 0.15) is 17.4 Å². The predicted octanol–water partition coefficient (Wildman–Crippen LogP) is 2.50. The summed E-state index contributed by atoms with van der Waals surface area (Å²) in [6.07, 6.45) is 4.41. The highest BCUT2D eigenvalue weighted by atomic mass is 19.1. The molecule has 1 amide bonds. The highest BCUT2D eigenvalue weighted by Crippen LogP contribution is 2.28. The Morgan fingerprint density at radius 3 is 2.88 bits per heavy atom. The van der Waals surface area contributed by atoms with Crippen molar-refractivity contribution in [2.24, 2.45) is 7.05 Å². The van der Waals surface area contributed by atoms with Gasteiger partial charge in [-0.15, -0.1) is 0 Å². The van der Waals surface area contributed by atoms with Crippen LogP contribution in [0.3, 0.4) is 0 Å². The first kappa shape index (κ1) is 16.5. The fraction of sp³-hybridized carbons (Fsp3) is 0.316. The number of hydrogen-bond donors (Lipinski definition) is 0. The van der Waals surface area contributed by atoms with E-state index >= 15 is 0 Å². The molecule has 0 radical (unpaired) electrons. The van der Waals surface area contributed by atoms with E-state index in [-0.39, 0.29) is 24.2 Å². The molecule has 1 aliphatic rings. The summed E-state index contributed by atoms with van der Waals surface area (Å²) in [5.41, 5.74) is 1.91. The highest BCUT2D eigenvalue weighted by Gasteiger charge is 2.30. The van der Waals surface area contributed by atoms with Gasteiger partial charge < -0.3 is 14.2 Å². The SMILES string of the molecule is Cn1c([C@@H]2CCN(C(=O)COc3ccc(F)cc3)C2)nc2ccncc21. The lowest BCUT2D eigenvalue weighted by Crippen LogP contribution is -2.33. The second kappa shape index (κ2) is 6.74. The number of aromatic nitrogens is 3. The second-order valence-electron chi connectivity index (χ2n) is 6.46. The van der Waals surface area contributed by atoms with Crippen LogP contribution in [-0.2, 0) is 11.8 Å². The van der Waals surface area contributed by atoms with Crippen LogP contribution < -0.4 is 4.74 Å². The molecule has 1 fully saturated rings. The van der Waals surface area contributed by atoms with Crippen LogP contribution in [0.2, 0.25) is 0 Å². The van der Waals surface area contributed by atoms with Crippen molar-refractivity contribution in [1.29, 1.82) is 0 Å². The summed E-state index contributed by atoms with van der Waals surface area (Å²) in [6, 6.07) is 7.55. The number of aryl methyl sites for hydroxylation is 1. The number of fused-ring (bicyclic) bond motifs is 1. The van der Waals surface area contributed by atoms with Crippen LogP contribution in [0.5, 0.6) is 5.75 Å². The topological polar surface area (TPSA) is 60.2 Å². The number of hydrogen-bond acceptors (Lipinski definition) is 4. The molecular weight excluding hydrogens is 335 g/mol. The van der Waals surface area contributed by atoms with E-state index in [1.165, 1.54) is 24.3 Å². The minimum atomic E-state index is -0.330. The van der Waals surface area contributed by atoms with Gasteiger partial charge >= 0.3 is 0 Å². The lowest BCUT2D eigenvalue weighted by molar-refractivity contribution is -0.132. The Kier molecular flexibility index (Phi) is 4.28. The molecule has 1 saturated heterocycles. The first-order valence-corrected chi connectivity index (χ1v) is 8.54. The first-order valence-electron chi connectivity index (χ1n) is 8.54. The summed E-state index contributed by atoms with van der Waals surface area (Å²) in [5.74, 6) is 1.25. The van der Waals surface area contributed by atoms with E-state index in [1.807, 2.05) is 13.1 Å². The number of halogens is 1. The minimum absolute atomic E-state index is 0.0508. The van der Waals surface area contributed by atoms with Gasteiger partial charge in [0.25, 0.3) is 5.91 Å². The van der Waals surface area contributed by atoms with Crippen molar-refractivity contribution in [3.8, 4) is 5.75 Å². The fourth-order valence-electron chi connectivity index (χ4n) is 3.38. The number of rotatable bonds is 4. The third-order valence-electron chi connectivity index (χ3n) is 4.80. The maximum atomic E-state index is 12.9. The quantitative estimate of drug-likeness (QED) is 0.722. The molecule has 26 heavy (non-hydrogen) atoms. The van der Waals surface area contributed by atoms with Gasteiger partial charge in [-0.3, -0.25) is 9.78 Å². The fourth-order valence-corrected chi connectivity index (χ4v) is 3.38. The highest BCUT2D eigenvalue weighted by molar-refractivity contribution is 5.78. The molecule has 7 heteroatoms. The van der Waals surface area contributed by atoms with Gasteiger partial charge in [0, 0.05) is 32.3 Å². The maximum Gasteiger partial charge on any atom is 0.260 e. The van der Waals surface area contributed by atoms with E-state index in [0.717, 1.165) is 23.3 Å². The molecule has 2 aromatic heterocycles. The van der Waals surface area contributed by atoms with Crippen LogP contribution in [0.15, 0.2) is 42.7 Å². The lowest BCUT2D eigenvalue weighted by atomic mass is 10.1. The summed E-state index contributed by atoms with van der Waals surface area (Å²) >= 11 is 0. The molecule has 3 heterocycles. The molecular formula is C19H19FN4O2. The standard InChI is InChI=1S/C19H19FN4O2/c1-23-17-10-21-8-6-16(17)22-19(23)13-7-9-24(11-13)18(25)12-26-15-4-2-14(20)3-5-15/h2-6,8,10,13H,7,9,11-12H2,1H3/t13-/m1/s1. The van der Waals surface area contributed by atoms with Gasteiger partial charge in [-0.2, -0.15) is 0 Å². The number of imidazole rings is 1. The van der Waals surface area contributed by atoms with Crippen LogP contribution in [0.1, 0.15) is 18.2 Å². The number of benzene rings is 1. The molecule has 0 spiro atoms. The molecule has 6 nitrogen and oxygen atoms in total. The van der Waals surface area contributed by atoms with Gasteiger partial charge in [-0.05, 0) is 36.8 Å². The zero-order valence-electron chi connectivity index (χ0n) is 14.4. The van der Waals surface area contributed by atoms with Gasteiger partial charge in [-0.1, -0.05) is 0 Å². The summed E-state index contributed by atoms with van der Waals surface area (Å²) in [6.45, 7) is 1.25. The van der Waals surface area contributed by atoms with E-state index < -0.39 is 0 Å². The summed E-state index contributed by atoms with van der Waals surface area (Å²) < 4.78 is 20.4. The molecule has 0 N–H and O–H groups in total. The van der Waals surface area contributed by atoms with E-state index in [0.29, 0.717) is 18.8 Å². The Morgan fingerprint density at radius 1 is 1.31 bits per heavy atom. The zero-order chi connectivity index (χ0) is 18.1. The largest absolute Gasteiger partial charge is 0.484 e. The van der Waals surface area contributed by atoms with Gasteiger partial charge in [0.15, 0.2) is 6.61 Å². The van der Waals surface area contributed by atoms with Gasteiger partial charge in [-0.25, -0.2) is 9.37 Å². The van der Waals surface area contributed by atoms with E-state index in [9.17, 15) is 9.18 Å². The number of carbonyl (C=O) groups is 1. The normalized spacial score (nSPS) is 17.0. The Labute approximate surface area is 150 Å². The molecule has 1 aliphatic heterocycles. The Bertz CT molecular complexity index is 938. The Hall–Kier alpha value is -2.96. The Balaban J connectivity index is 1.40. The molecule has 0 bridgehead atoms. The van der Waals surface area contributed by atoms with Crippen molar-refractivity contribution in [2.45, 2.75) is 12.3 Å². The third kappa shape index (κ3) is 3.12. The summed E-state index contributed by atoms with van der Waals surface area (Å²) in [4.78, 5) is 23.1. The number of nitrogens with zero attached hydrogens (tertiary/aromatic N) is 4. The third-order valence-corrected chi connectivity index (χ3v) is 4.80. The monoisotopic (exact) mass is 354 g/mol. The average molecular weight is 354 g/mol. The van der Waals surface area contributed by atoms with Crippen molar-refractivity contribution < 1.29 is 13.9 Å². The van der Waals surface area contributed by atoms with Crippen LogP contribution in [0, 0.1) is 5.82 Å². The summed E-state index contributed by atoms with van der Waals surface area (Å²) in [5, 5.41) is 0. The van der Waals surface area contributed by atoms with E-state index in [2.05, 4.69) is 9.55 Å². The molecule has 1 aromatic carbocycles. The van der Waals surface area contributed by atoms with Gasteiger partial charge in [0.2, 0.25) is 0 Å². The van der Waals surface area contributed by atoms with Crippen molar-refractivity contribution in [3.05, 3.63) is 54.4 Å². The molecule has 1 atom stereocenters. The summed E-state index contributed by atoms with van der Waals surface area (Å²) in [7, 11) is 1.98.